The van der Waals surface area contributed by atoms with Crippen LogP contribution >= 0.6 is 11.3 Å². The molecule has 2 heterocycles. The third kappa shape index (κ3) is 9.30. The van der Waals surface area contributed by atoms with E-state index in [0.717, 1.165) is 38.7 Å². The van der Waals surface area contributed by atoms with Crippen LogP contribution in [0.4, 0.5) is 5.69 Å². The molecule has 2 aromatic rings. The summed E-state index contributed by atoms with van der Waals surface area (Å²) >= 11 is 1.29. The molecule has 4 rings (SSSR count). The molecule has 238 valence electrons. The second-order valence-corrected chi connectivity index (χ2v) is 13.5. The summed E-state index contributed by atoms with van der Waals surface area (Å²) in [7, 11) is 8.77. The summed E-state index contributed by atoms with van der Waals surface area (Å²) in [5.74, 6) is 0.265. The second-order valence-electron chi connectivity index (χ2n) is 12.5. The number of nitrogens with zero attached hydrogens (tertiary/aromatic N) is 2. The molecular formula is C29H42B3N7O5S. The van der Waals surface area contributed by atoms with Crippen LogP contribution < -0.4 is 32.2 Å². The van der Waals surface area contributed by atoms with Crippen LogP contribution in [0, 0.1) is 11.8 Å². The number of thiazole rings is 1. The molecule has 0 atom stereocenters. The highest BCUT2D eigenvalue weighted by atomic mass is 32.1. The maximum absolute atomic E-state index is 13.3. The van der Waals surface area contributed by atoms with Crippen molar-refractivity contribution in [1.29, 1.82) is 0 Å². The van der Waals surface area contributed by atoms with Crippen molar-refractivity contribution in [3.63, 3.8) is 0 Å². The van der Waals surface area contributed by atoms with Gasteiger partial charge in [-0.25, -0.2) is 4.98 Å². The van der Waals surface area contributed by atoms with Crippen molar-refractivity contribution in [2.45, 2.75) is 37.3 Å². The number of carbonyl (C=O) groups is 3. The highest BCUT2D eigenvalue weighted by Gasteiger charge is 2.30. The SMILES string of the molecule is BC(B)(B)NC(=O)/C(N)=C(/C=C(\N)NC(=O)C1CC1)Nc1cccc(-c2ncc(C(=O)N3CCC(CCOC)CC3)s2)c1OC. The summed E-state index contributed by atoms with van der Waals surface area (Å²) in [4.78, 5) is 45.7. The van der Waals surface area contributed by atoms with E-state index in [1.54, 1.807) is 25.4 Å². The lowest BCUT2D eigenvalue weighted by molar-refractivity contribution is -0.121. The molecule has 12 nitrogen and oxygen atoms in total. The standard InChI is InChI=1S/C29H42B3N7O5S/c1-43-13-10-16-8-11-39(12-9-16)28(42)21-15-35-27(45-21)18-4-3-5-19(24(18)44-2)36-20(23(34)26(41)38-29(30,31)32)14-22(33)37-25(40)17-6-7-17/h3-5,14-17,36H,6-13,30-34H2,1-2H3,(H,37,40)(H,38,41)/b22-14+,23-20+. The highest BCUT2D eigenvalue weighted by molar-refractivity contribution is 7.17. The van der Waals surface area contributed by atoms with Crippen LogP contribution in [0.25, 0.3) is 10.6 Å². The number of para-hydroxylation sites is 1. The Bertz CT molecular complexity index is 1460. The monoisotopic (exact) mass is 633 g/mol. The minimum Gasteiger partial charge on any atom is -0.494 e. The fourth-order valence-corrected chi connectivity index (χ4v) is 5.93. The van der Waals surface area contributed by atoms with Gasteiger partial charge in [0, 0.05) is 38.8 Å². The van der Waals surface area contributed by atoms with Crippen LogP contribution in [0.5, 0.6) is 5.75 Å². The van der Waals surface area contributed by atoms with Crippen LogP contribution in [0.15, 0.2) is 47.7 Å². The Balaban J connectivity index is 1.58. The number of anilines is 1. The quantitative estimate of drug-likeness (QED) is 0.108. The Morgan fingerprint density at radius 3 is 2.47 bits per heavy atom. The lowest BCUT2D eigenvalue weighted by Gasteiger charge is -2.31. The first kappa shape index (κ1) is 34.0. The molecule has 0 unspecified atom stereocenters. The summed E-state index contributed by atoms with van der Waals surface area (Å²) in [6.45, 7) is 2.15. The van der Waals surface area contributed by atoms with Gasteiger partial charge in [0.25, 0.3) is 11.8 Å². The van der Waals surface area contributed by atoms with Gasteiger partial charge in [-0.2, -0.15) is 0 Å². The Labute approximate surface area is 271 Å². The minimum absolute atomic E-state index is 0.0334. The molecule has 1 saturated carbocycles. The molecule has 1 aromatic carbocycles. The molecule has 2 fully saturated rings. The number of methoxy groups -OCH3 is 2. The largest absolute Gasteiger partial charge is 0.494 e. The molecular weight excluding hydrogens is 591 g/mol. The number of likely N-dealkylation sites (tertiary alicyclic amines) is 1. The van der Waals surface area contributed by atoms with E-state index in [4.69, 9.17) is 20.9 Å². The predicted octanol–water partition coefficient (Wildman–Crippen LogP) is -0.757. The van der Waals surface area contributed by atoms with Crippen molar-refractivity contribution < 1.29 is 23.9 Å². The molecule has 0 spiro atoms. The van der Waals surface area contributed by atoms with Gasteiger partial charge >= 0.3 is 0 Å². The summed E-state index contributed by atoms with van der Waals surface area (Å²) in [6, 6.07) is 5.41. The minimum atomic E-state index is -0.542. The van der Waals surface area contributed by atoms with Gasteiger partial charge in [0.2, 0.25) is 5.91 Å². The Hall–Kier alpha value is -3.91. The lowest BCUT2D eigenvalue weighted by atomic mass is 9.49. The van der Waals surface area contributed by atoms with Gasteiger partial charge in [-0.3, -0.25) is 14.4 Å². The molecule has 1 aromatic heterocycles. The van der Waals surface area contributed by atoms with E-state index in [2.05, 4.69) is 20.9 Å². The summed E-state index contributed by atoms with van der Waals surface area (Å²) in [5.41, 5.74) is 13.7. The number of amides is 3. The topological polar surface area (TPSA) is 174 Å². The van der Waals surface area contributed by atoms with Gasteiger partial charge in [0.1, 0.15) is 44.9 Å². The fourth-order valence-electron chi connectivity index (χ4n) is 5.02. The van der Waals surface area contributed by atoms with Crippen molar-refractivity contribution >= 4 is 58.3 Å². The molecule has 0 radical (unpaired) electrons. The van der Waals surface area contributed by atoms with Gasteiger partial charge in [-0.15, -0.1) is 11.3 Å². The number of benzene rings is 1. The Morgan fingerprint density at radius 2 is 1.84 bits per heavy atom. The van der Waals surface area contributed by atoms with Crippen molar-refractivity contribution in [3.8, 4) is 16.3 Å². The molecule has 16 heteroatoms. The number of hydrogen-bond donors (Lipinski definition) is 5. The van der Waals surface area contributed by atoms with E-state index in [9.17, 15) is 14.4 Å². The first-order valence-electron chi connectivity index (χ1n) is 15.2. The number of piperidine rings is 1. The summed E-state index contributed by atoms with van der Waals surface area (Å²) < 4.78 is 11.0. The van der Waals surface area contributed by atoms with Gasteiger partial charge in [-0.05, 0) is 55.4 Å². The van der Waals surface area contributed by atoms with Crippen molar-refractivity contribution in [3.05, 3.63) is 52.6 Å². The molecule has 7 N–H and O–H groups in total. The third-order valence-electron chi connectivity index (χ3n) is 7.61. The molecule has 1 aliphatic carbocycles. The number of nitrogens with one attached hydrogen (secondary N) is 3. The molecule has 3 amide bonds. The first-order chi connectivity index (χ1) is 21.4. The summed E-state index contributed by atoms with van der Waals surface area (Å²) in [5, 5.41) is 8.76. The third-order valence-corrected chi connectivity index (χ3v) is 8.62. The molecule has 2 aliphatic rings. The normalized spacial score (nSPS) is 16.5. The Morgan fingerprint density at radius 1 is 1.13 bits per heavy atom. The predicted molar refractivity (Wildman–Crippen MR) is 184 cm³/mol. The van der Waals surface area contributed by atoms with Crippen molar-refractivity contribution in [2.75, 3.05) is 39.2 Å². The number of ether oxygens (including phenoxy) is 2. The van der Waals surface area contributed by atoms with Crippen molar-refractivity contribution in [1.82, 2.24) is 20.5 Å². The van der Waals surface area contributed by atoms with E-state index in [-0.39, 0.29) is 34.9 Å². The molecule has 0 bridgehead atoms. The van der Waals surface area contributed by atoms with Gasteiger partial charge in [0.15, 0.2) is 5.75 Å². The average Bonchev–Trinajstić information content (AvgIpc) is 3.75. The molecule has 1 aliphatic heterocycles. The van der Waals surface area contributed by atoms with E-state index < -0.39 is 11.1 Å². The number of carbonyl (C=O) groups excluding carboxylic acids is 3. The number of aromatic nitrogens is 1. The molecule has 45 heavy (non-hydrogen) atoms. The second kappa shape index (κ2) is 14.9. The van der Waals surface area contributed by atoms with Crippen LogP contribution in [-0.4, -0.2) is 90.3 Å². The van der Waals surface area contributed by atoms with Crippen LogP contribution in [0.1, 0.15) is 41.8 Å². The van der Waals surface area contributed by atoms with E-state index in [1.807, 2.05) is 34.5 Å². The van der Waals surface area contributed by atoms with Crippen molar-refractivity contribution in [2.24, 2.45) is 23.3 Å². The maximum atomic E-state index is 13.3. The maximum Gasteiger partial charge on any atom is 0.267 e. The number of hydrogen-bond acceptors (Lipinski definition) is 10. The first-order valence-corrected chi connectivity index (χ1v) is 16.0. The summed E-state index contributed by atoms with van der Waals surface area (Å²) in [6.07, 6.45) is 7.58. The highest BCUT2D eigenvalue weighted by Crippen LogP contribution is 2.39. The fraction of sp³-hybridized carbons (Fsp3) is 0.448. The van der Waals surface area contributed by atoms with Crippen LogP contribution in [0.2, 0.25) is 0 Å². The van der Waals surface area contributed by atoms with Gasteiger partial charge in [0.05, 0.1) is 30.3 Å². The zero-order valence-electron chi connectivity index (χ0n) is 26.7. The van der Waals surface area contributed by atoms with Gasteiger partial charge < -0.3 is 41.8 Å². The van der Waals surface area contributed by atoms with E-state index in [1.165, 1.54) is 24.5 Å². The van der Waals surface area contributed by atoms with E-state index >= 15 is 0 Å². The smallest absolute Gasteiger partial charge is 0.267 e. The van der Waals surface area contributed by atoms with Crippen LogP contribution in [0.3, 0.4) is 0 Å². The lowest BCUT2D eigenvalue weighted by Crippen LogP contribution is -2.51. The van der Waals surface area contributed by atoms with E-state index in [0.29, 0.717) is 45.9 Å². The average molecular weight is 633 g/mol. The number of nitrogens with two attached hydrogens (primary N) is 2. The number of allylic oxidation sites excluding steroid dienone is 1. The zero-order chi connectivity index (χ0) is 32.7. The Kier molecular flexibility index (Phi) is 11.3. The van der Waals surface area contributed by atoms with Crippen LogP contribution in [-0.2, 0) is 14.3 Å². The van der Waals surface area contributed by atoms with Gasteiger partial charge in [-0.1, -0.05) is 6.07 Å². The molecule has 1 saturated heterocycles. The number of rotatable bonds is 13. The zero-order valence-corrected chi connectivity index (χ0v) is 27.5.